The van der Waals surface area contributed by atoms with Gasteiger partial charge in [-0.15, -0.1) is 10.2 Å². The van der Waals surface area contributed by atoms with Crippen LogP contribution in [0, 0.1) is 18.3 Å². The molecule has 1 aliphatic rings. The first-order chi connectivity index (χ1) is 13.2. The first kappa shape index (κ1) is 17.5. The maximum Gasteiger partial charge on any atom is 0.232 e. The van der Waals surface area contributed by atoms with Gasteiger partial charge in [0.25, 0.3) is 0 Å². The average Bonchev–Trinajstić information content (AvgIpc) is 3.13. The Morgan fingerprint density at radius 1 is 1.07 bits per heavy atom. The van der Waals surface area contributed by atoms with Crippen LogP contribution in [0.15, 0.2) is 52.8 Å². The van der Waals surface area contributed by atoms with Gasteiger partial charge >= 0.3 is 0 Å². The van der Waals surface area contributed by atoms with Crippen LogP contribution >= 0.6 is 11.8 Å². The predicted molar refractivity (Wildman–Crippen MR) is 102 cm³/mol. The summed E-state index contributed by atoms with van der Waals surface area (Å²) in [6.45, 7) is 4.99. The van der Waals surface area contributed by atoms with Crippen molar-refractivity contribution >= 4 is 17.7 Å². The Balaban J connectivity index is 1.72. The lowest BCUT2D eigenvalue weighted by Gasteiger charge is -2.27. The molecule has 0 N–H and O–H groups in total. The van der Waals surface area contributed by atoms with Crippen molar-refractivity contribution in [1.29, 1.82) is 5.26 Å². The largest absolute Gasteiger partial charge is 0.378 e. The smallest absolute Gasteiger partial charge is 0.232 e. The fourth-order valence-electron chi connectivity index (χ4n) is 2.82. The maximum atomic E-state index is 8.94. The van der Waals surface area contributed by atoms with Crippen LogP contribution in [0.1, 0.15) is 11.1 Å². The summed E-state index contributed by atoms with van der Waals surface area (Å²) in [6, 6.07) is 14.0. The normalized spacial score (nSPS) is 14.1. The van der Waals surface area contributed by atoms with Crippen LogP contribution < -0.4 is 4.90 Å². The molecule has 1 aromatic carbocycles. The molecular weight excluding hydrogens is 360 g/mol. The fraction of sp³-hybridized carbons (Fsp3) is 0.263. The third-order valence-electron chi connectivity index (χ3n) is 4.26. The van der Waals surface area contributed by atoms with Gasteiger partial charge in [-0.3, -0.25) is 4.57 Å². The lowest BCUT2D eigenvalue weighted by atomic mass is 10.2. The van der Waals surface area contributed by atoms with E-state index in [0.29, 0.717) is 18.8 Å². The summed E-state index contributed by atoms with van der Waals surface area (Å²) in [5.41, 5.74) is 2.74. The molecular formula is C19H18N6OS. The van der Waals surface area contributed by atoms with Crippen molar-refractivity contribution in [3.63, 3.8) is 0 Å². The lowest BCUT2D eigenvalue weighted by Crippen LogP contribution is -2.37. The standard InChI is InChI=1S/C19H18N6OS/c1-14-2-5-16(6-3-14)25-18(24-8-10-26-11-9-24)22-23-19(25)27-17-7-4-15(12-20)13-21-17/h2-7,13H,8-11H2,1H3. The lowest BCUT2D eigenvalue weighted by molar-refractivity contribution is 0.122. The molecule has 3 aromatic rings. The van der Waals surface area contributed by atoms with Gasteiger partial charge in [-0.1, -0.05) is 17.7 Å². The fourth-order valence-corrected chi connectivity index (χ4v) is 3.61. The molecule has 27 heavy (non-hydrogen) atoms. The summed E-state index contributed by atoms with van der Waals surface area (Å²) in [7, 11) is 0. The minimum absolute atomic E-state index is 0.536. The quantitative estimate of drug-likeness (QED) is 0.690. The van der Waals surface area contributed by atoms with Gasteiger partial charge in [0.15, 0.2) is 0 Å². The van der Waals surface area contributed by atoms with Gasteiger partial charge in [0.2, 0.25) is 11.1 Å². The van der Waals surface area contributed by atoms with Crippen molar-refractivity contribution < 1.29 is 4.74 Å². The number of hydrogen-bond acceptors (Lipinski definition) is 7. The molecule has 0 radical (unpaired) electrons. The number of anilines is 1. The summed E-state index contributed by atoms with van der Waals surface area (Å²) in [5.74, 6) is 0.804. The summed E-state index contributed by atoms with van der Waals surface area (Å²) in [5, 5.41) is 19.3. The van der Waals surface area contributed by atoms with Gasteiger partial charge < -0.3 is 9.64 Å². The summed E-state index contributed by atoms with van der Waals surface area (Å²) >= 11 is 1.43. The number of aromatic nitrogens is 4. The van der Waals surface area contributed by atoms with Gasteiger partial charge in [0.1, 0.15) is 11.1 Å². The molecule has 0 amide bonds. The number of hydrogen-bond donors (Lipinski definition) is 0. The zero-order valence-corrected chi connectivity index (χ0v) is 15.7. The van der Waals surface area contributed by atoms with Crippen molar-refractivity contribution in [3.05, 3.63) is 53.7 Å². The van der Waals surface area contributed by atoms with Crippen molar-refractivity contribution in [2.45, 2.75) is 17.1 Å². The molecule has 0 bridgehead atoms. The van der Waals surface area contributed by atoms with E-state index in [4.69, 9.17) is 10.00 Å². The highest BCUT2D eigenvalue weighted by atomic mass is 32.2. The Kier molecular flexibility index (Phi) is 5.05. The van der Waals surface area contributed by atoms with E-state index in [1.54, 1.807) is 12.3 Å². The van der Waals surface area contributed by atoms with Crippen molar-refractivity contribution in [1.82, 2.24) is 19.7 Å². The zero-order chi connectivity index (χ0) is 18.6. The average molecular weight is 378 g/mol. The van der Waals surface area contributed by atoms with E-state index in [2.05, 4.69) is 61.9 Å². The Morgan fingerprint density at radius 2 is 1.85 bits per heavy atom. The number of benzene rings is 1. The van der Waals surface area contributed by atoms with Crippen molar-refractivity contribution in [2.75, 3.05) is 31.2 Å². The number of nitrogens with zero attached hydrogens (tertiary/aromatic N) is 6. The molecule has 7 nitrogen and oxygen atoms in total. The summed E-state index contributed by atoms with van der Waals surface area (Å²) in [6.07, 6.45) is 1.57. The molecule has 0 atom stereocenters. The minimum Gasteiger partial charge on any atom is -0.378 e. The Labute approximate surface area is 161 Å². The second-order valence-corrected chi connectivity index (χ2v) is 7.14. The summed E-state index contributed by atoms with van der Waals surface area (Å²) < 4.78 is 7.52. The molecule has 1 aliphatic heterocycles. The SMILES string of the molecule is Cc1ccc(-n2c(Sc3ccc(C#N)cn3)nnc2N2CCOCC2)cc1. The Morgan fingerprint density at radius 3 is 2.52 bits per heavy atom. The first-order valence-electron chi connectivity index (χ1n) is 8.64. The van der Waals surface area contributed by atoms with Gasteiger partial charge in [-0.2, -0.15) is 5.26 Å². The number of aryl methyl sites for hydroxylation is 1. The molecule has 1 saturated heterocycles. The number of nitriles is 1. The van der Waals surface area contributed by atoms with Crippen LogP contribution in [0.25, 0.3) is 5.69 Å². The predicted octanol–water partition coefficient (Wildman–Crippen LogP) is 2.83. The highest BCUT2D eigenvalue weighted by Crippen LogP contribution is 2.31. The third kappa shape index (κ3) is 3.79. The van der Waals surface area contributed by atoms with Crippen LogP contribution in [0.5, 0.6) is 0 Å². The highest BCUT2D eigenvalue weighted by molar-refractivity contribution is 7.99. The number of rotatable bonds is 4. The van der Waals surface area contributed by atoms with Gasteiger partial charge in [-0.05, 0) is 43.0 Å². The number of pyridine rings is 1. The van der Waals surface area contributed by atoms with E-state index < -0.39 is 0 Å². The van der Waals surface area contributed by atoms with E-state index in [1.165, 1.54) is 17.3 Å². The van der Waals surface area contributed by atoms with Crippen molar-refractivity contribution in [2.24, 2.45) is 0 Å². The topological polar surface area (TPSA) is 79.9 Å². The number of ether oxygens (including phenoxy) is 1. The Hall–Kier alpha value is -2.89. The second-order valence-electron chi connectivity index (χ2n) is 6.15. The monoisotopic (exact) mass is 378 g/mol. The van der Waals surface area contributed by atoms with Gasteiger partial charge in [0.05, 0.1) is 24.5 Å². The van der Waals surface area contributed by atoms with E-state index >= 15 is 0 Å². The molecule has 0 unspecified atom stereocenters. The van der Waals surface area contributed by atoms with Crippen molar-refractivity contribution in [3.8, 4) is 11.8 Å². The molecule has 0 aliphatic carbocycles. The van der Waals surface area contributed by atoms with Crippen LogP contribution in [0.2, 0.25) is 0 Å². The van der Waals surface area contributed by atoms with E-state index in [0.717, 1.165) is 34.9 Å². The molecule has 2 aromatic heterocycles. The molecule has 0 spiro atoms. The molecule has 8 heteroatoms. The van der Waals surface area contributed by atoms with Gasteiger partial charge in [0, 0.05) is 19.3 Å². The van der Waals surface area contributed by atoms with Crippen LogP contribution in [0.4, 0.5) is 5.95 Å². The third-order valence-corrected chi connectivity index (χ3v) is 5.16. The van der Waals surface area contributed by atoms with E-state index in [9.17, 15) is 0 Å². The van der Waals surface area contributed by atoms with Crippen LogP contribution in [0.3, 0.4) is 0 Å². The van der Waals surface area contributed by atoms with E-state index in [1.807, 2.05) is 6.07 Å². The van der Waals surface area contributed by atoms with Gasteiger partial charge in [-0.25, -0.2) is 4.98 Å². The highest BCUT2D eigenvalue weighted by Gasteiger charge is 2.22. The molecule has 3 heterocycles. The minimum atomic E-state index is 0.536. The Bertz CT molecular complexity index is 955. The number of morpholine rings is 1. The molecule has 4 rings (SSSR count). The maximum absolute atomic E-state index is 8.94. The summed E-state index contributed by atoms with van der Waals surface area (Å²) in [4.78, 5) is 6.53. The molecule has 136 valence electrons. The van der Waals surface area contributed by atoms with E-state index in [-0.39, 0.29) is 0 Å². The first-order valence-corrected chi connectivity index (χ1v) is 9.45. The second kappa shape index (κ2) is 7.78. The zero-order valence-electron chi connectivity index (χ0n) is 14.9. The van der Waals surface area contributed by atoms with Crippen LogP contribution in [-0.4, -0.2) is 46.1 Å². The molecule has 1 fully saturated rings. The molecule has 0 saturated carbocycles. The van der Waals surface area contributed by atoms with Crippen LogP contribution in [-0.2, 0) is 4.74 Å².